The van der Waals surface area contributed by atoms with Gasteiger partial charge in [-0.3, -0.25) is 9.97 Å². The molecule has 4 aromatic heterocycles. The molecule has 0 N–H and O–H groups in total. The number of nitrogens with zero attached hydrogens (tertiary/aromatic N) is 5. The van der Waals surface area contributed by atoms with Gasteiger partial charge in [-0.2, -0.15) is 0 Å². The van der Waals surface area contributed by atoms with E-state index >= 15 is 0 Å². The summed E-state index contributed by atoms with van der Waals surface area (Å²) >= 11 is 0. The minimum atomic E-state index is 0.698. The number of hydrogen-bond acceptors (Lipinski definition) is 5. The van der Waals surface area contributed by atoms with E-state index in [0.717, 1.165) is 83.9 Å². The molecule has 262 valence electrons. The first kappa shape index (κ1) is 33.0. The van der Waals surface area contributed by atoms with Gasteiger partial charge in [-0.25, -0.2) is 15.0 Å². The number of aromatic nitrogens is 5. The Labute approximate surface area is 324 Å². The van der Waals surface area contributed by atoms with Crippen LogP contribution in [0.25, 0.3) is 100 Å². The maximum absolute atomic E-state index is 5.14. The van der Waals surface area contributed by atoms with E-state index in [1.165, 1.54) is 10.8 Å². The predicted molar refractivity (Wildman–Crippen MR) is 228 cm³/mol. The Morgan fingerprint density at radius 2 is 0.768 bits per heavy atom. The standard InChI is InChI=1S/C51H33N5/c1-3-12-36(13-4-1)46-31-47(56-51(55-46)38-14-5-2-6-15-38)37-22-19-35(20-23-37)43-25-26-45(52-33-43)49-29-44(41-24-21-34-11-7-8-16-39(34)27-41)30-50(54-49)48-28-40-17-9-10-18-42(40)32-53-48/h1-33H. The van der Waals surface area contributed by atoms with Gasteiger partial charge in [0.05, 0.1) is 34.2 Å². The lowest BCUT2D eigenvalue weighted by atomic mass is 9.99. The van der Waals surface area contributed by atoms with E-state index in [1.807, 2.05) is 67.0 Å². The quantitative estimate of drug-likeness (QED) is 0.164. The van der Waals surface area contributed by atoms with Crippen molar-refractivity contribution in [1.82, 2.24) is 24.9 Å². The van der Waals surface area contributed by atoms with E-state index < -0.39 is 0 Å². The monoisotopic (exact) mass is 715 g/mol. The summed E-state index contributed by atoms with van der Waals surface area (Å²) < 4.78 is 0. The van der Waals surface area contributed by atoms with Crippen molar-refractivity contribution in [3.05, 3.63) is 200 Å². The smallest absolute Gasteiger partial charge is 0.160 e. The lowest BCUT2D eigenvalue weighted by molar-refractivity contribution is 1.18. The molecular weight excluding hydrogens is 683 g/mol. The molecule has 0 aliphatic rings. The third-order valence-corrected chi connectivity index (χ3v) is 10.2. The summed E-state index contributed by atoms with van der Waals surface area (Å²) in [6, 6.07) is 64.7. The average Bonchev–Trinajstić information content (AvgIpc) is 3.29. The minimum Gasteiger partial charge on any atom is -0.254 e. The van der Waals surface area contributed by atoms with Crippen LogP contribution in [-0.2, 0) is 0 Å². The average molecular weight is 716 g/mol. The summed E-state index contributed by atoms with van der Waals surface area (Å²) in [5.41, 5.74) is 12.2. The van der Waals surface area contributed by atoms with Crippen LogP contribution in [0, 0.1) is 0 Å². The highest BCUT2D eigenvalue weighted by atomic mass is 14.9. The maximum Gasteiger partial charge on any atom is 0.160 e. The molecule has 0 unspecified atom stereocenters. The minimum absolute atomic E-state index is 0.698. The van der Waals surface area contributed by atoms with Crippen LogP contribution in [0.15, 0.2) is 200 Å². The number of pyridine rings is 3. The molecule has 5 nitrogen and oxygen atoms in total. The van der Waals surface area contributed by atoms with Gasteiger partial charge < -0.3 is 0 Å². The molecule has 4 heterocycles. The normalized spacial score (nSPS) is 11.2. The fourth-order valence-electron chi connectivity index (χ4n) is 7.17. The van der Waals surface area contributed by atoms with Gasteiger partial charge in [-0.1, -0.05) is 152 Å². The molecule has 10 rings (SSSR count). The first-order valence-electron chi connectivity index (χ1n) is 18.6. The Kier molecular flexibility index (Phi) is 8.43. The molecule has 0 radical (unpaired) electrons. The van der Waals surface area contributed by atoms with Gasteiger partial charge in [0.15, 0.2) is 5.82 Å². The molecule has 0 aliphatic heterocycles. The summed E-state index contributed by atoms with van der Waals surface area (Å²) in [5, 5.41) is 4.62. The summed E-state index contributed by atoms with van der Waals surface area (Å²) in [4.78, 5) is 24.9. The molecule has 0 amide bonds. The zero-order valence-electron chi connectivity index (χ0n) is 30.3. The Balaban J connectivity index is 0.994. The topological polar surface area (TPSA) is 64.5 Å². The third-order valence-electron chi connectivity index (χ3n) is 10.2. The predicted octanol–water partition coefficient (Wildman–Crippen LogP) is 12.6. The number of benzene rings is 6. The van der Waals surface area contributed by atoms with Crippen molar-refractivity contribution >= 4 is 21.5 Å². The van der Waals surface area contributed by atoms with Crippen molar-refractivity contribution < 1.29 is 0 Å². The Hall–Kier alpha value is -7.63. The lowest BCUT2D eigenvalue weighted by Gasteiger charge is -2.12. The number of hydrogen-bond donors (Lipinski definition) is 0. The van der Waals surface area contributed by atoms with Crippen LogP contribution < -0.4 is 0 Å². The van der Waals surface area contributed by atoms with Gasteiger partial charge in [-0.05, 0) is 69.2 Å². The summed E-state index contributed by atoms with van der Waals surface area (Å²) in [7, 11) is 0. The number of fused-ring (bicyclic) bond motifs is 2. The Morgan fingerprint density at radius 3 is 1.46 bits per heavy atom. The Morgan fingerprint density at radius 1 is 0.232 bits per heavy atom. The first-order chi connectivity index (χ1) is 27.7. The second-order valence-electron chi connectivity index (χ2n) is 13.8. The lowest BCUT2D eigenvalue weighted by Crippen LogP contribution is -1.96. The van der Waals surface area contributed by atoms with Gasteiger partial charge in [0, 0.05) is 40.0 Å². The summed E-state index contributed by atoms with van der Waals surface area (Å²) in [6.07, 6.45) is 3.84. The van der Waals surface area contributed by atoms with Crippen molar-refractivity contribution in [1.29, 1.82) is 0 Å². The van der Waals surface area contributed by atoms with Crippen LogP contribution in [0.1, 0.15) is 0 Å². The van der Waals surface area contributed by atoms with E-state index in [-0.39, 0.29) is 0 Å². The van der Waals surface area contributed by atoms with Gasteiger partial charge in [0.2, 0.25) is 0 Å². The molecule has 56 heavy (non-hydrogen) atoms. The molecule has 0 spiro atoms. The van der Waals surface area contributed by atoms with E-state index in [9.17, 15) is 0 Å². The van der Waals surface area contributed by atoms with Crippen molar-refractivity contribution in [3.8, 4) is 78.9 Å². The second-order valence-corrected chi connectivity index (χ2v) is 13.8. The van der Waals surface area contributed by atoms with E-state index in [0.29, 0.717) is 5.82 Å². The summed E-state index contributed by atoms with van der Waals surface area (Å²) in [5.74, 6) is 0.698. The van der Waals surface area contributed by atoms with Gasteiger partial charge in [0.1, 0.15) is 0 Å². The SMILES string of the molecule is c1ccc(-c2cc(-c3ccc(-c4ccc(-c5cc(-c6ccc7ccccc7c6)cc(-c6cc7ccccc7cn6)n5)nc4)cc3)nc(-c3ccccc3)n2)cc1. The van der Waals surface area contributed by atoms with Crippen LogP contribution in [-0.4, -0.2) is 24.9 Å². The Bertz CT molecular complexity index is 2840. The highest BCUT2D eigenvalue weighted by Gasteiger charge is 2.14. The molecule has 0 aliphatic carbocycles. The zero-order chi connectivity index (χ0) is 37.3. The molecule has 0 saturated heterocycles. The largest absolute Gasteiger partial charge is 0.254 e. The van der Waals surface area contributed by atoms with Crippen LogP contribution in [0.4, 0.5) is 0 Å². The molecule has 5 heteroatoms. The van der Waals surface area contributed by atoms with E-state index in [1.54, 1.807) is 0 Å². The molecule has 10 aromatic rings. The van der Waals surface area contributed by atoms with E-state index in [4.69, 9.17) is 24.9 Å². The van der Waals surface area contributed by atoms with Gasteiger partial charge >= 0.3 is 0 Å². The van der Waals surface area contributed by atoms with Crippen molar-refractivity contribution in [2.24, 2.45) is 0 Å². The molecular formula is C51H33N5. The van der Waals surface area contributed by atoms with Crippen LogP contribution in [0.5, 0.6) is 0 Å². The molecule has 0 fully saturated rings. The fourth-order valence-corrected chi connectivity index (χ4v) is 7.17. The van der Waals surface area contributed by atoms with Gasteiger partial charge in [0.25, 0.3) is 0 Å². The molecule has 6 aromatic carbocycles. The number of rotatable bonds is 7. The molecule has 0 atom stereocenters. The van der Waals surface area contributed by atoms with Gasteiger partial charge in [-0.15, -0.1) is 0 Å². The van der Waals surface area contributed by atoms with Crippen LogP contribution >= 0.6 is 0 Å². The molecule has 0 bridgehead atoms. The van der Waals surface area contributed by atoms with E-state index in [2.05, 4.69) is 133 Å². The van der Waals surface area contributed by atoms with Crippen LogP contribution in [0.3, 0.4) is 0 Å². The maximum atomic E-state index is 5.14. The first-order valence-corrected chi connectivity index (χ1v) is 18.6. The van der Waals surface area contributed by atoms with Crippen molar-refractivity contribution in [2.75, 3.05) is 0 Å². The molecule has 0 saturated carbocycles. The third kappa shape index (κ3) is 6.59. The summed E-state index contributed by atoms with van der Waals surface area (Å²) in [6.45, 7) is 0. The highest BCUT2D eigenvalue weighted by Crippen LogP contribution is 2.33. The van der Waals surface area contributed by atoms with Crippen molar-refractivity contribution in [2.45, 2.75) is 0 Å². The highest BCUT2D eigenvalue weighted by molar-refractivity contribution is 5.89. The van der Waals surface area contributed by atoms with Crippen LogP contribution in [0.2, 0.25) is 0 Å². The fraction of sp³-hybridized carbons (Fsp3) is 0. The zero-order valence-corrected chi connectivity index (χ0v) is 30.3. The van der Waals surface area contributed by atoms with Crippen molar-refractivity contribution in [3.63, 3.8) is 0 Å². The second kappa shape index (κ2) is 14.3.